The van der Waals surface area contributed by atoms with E-state index < -0.39 is 46.5 Å². The van der Waals surface area contributed by atoms with Crippen LogP contribution in [-0.2, 0) is 38.2 Å². The normalized spacial score (nSPS) is 40.3. The van der Waals surface area contributed by atoms with Gasteiger partial charge in [0.25, 0.3) is 0 Å². The van der Waals surface area contributed by atoms with Crippen molar-refractivity contribution in [3.63, 3.8) is 0 Å². The molecule has 4 atom stereocenters. The van der Waals surface area contributed by atoms with Gasteiger partial charge in [-0.25, -0.2) is 5.14 Å². The van der Waals surface area contributed by atoms with Crippen molar-refractivity contribution in [1.82, 2.24) is 0 Å². The van der Waals surface area contributed by atoms with Crippen LogP contribution in [0, 0.1) is 0 Å². The minimum absolute atomic E-state index is 0.177. The Kier molecular flexibility index (Phi) is 4.50. The first-order valence-electron chi connectivity index (χ1n) is 8.08. The number of rotatable bonds is 5. The van der Waals surface area contributed by atoms with Crippen molar-refractivity contribution in [1.29, 1.82) is 0 Å². The third kappa shape index (κ3) is 3.21. The van der Waals surface area contributed by atoms with E-state index in [4.69, 9.17) is 33.0 Å². The highest BCUT2D eigenvalue weighted by Crippen LogP contribution is 2.48. The zero-order valence-electron chi connectivity index (χ0n) is 14.3. The molecule has 0 radical (unpaired) electrons. The minimum Gasteiger partial charge on any atom is -0.343 e. The summed E-state index contributed by atoms with van der Waals surface area (Å²) >= 11 is 0. The zero-order chi connectivity index (χ0) is 17.8. The molecule has 3 rings (SSSR count). The highest BCUT2D eigenvalue weighted by Gasteiger charge is 2.66. The van der Waals surface area contributed by atoms with E-state index in [1.165, 1.54) is 0 Å². The molecule has 2 N–H and O–H groups in total. The Morgan fingerprint density at radius 2 is 1.83 bits per heavy atom. The van der Waals surface area contributed by atoms with Gasteiger partial charge in [-0.3, -0.25) is 4.18 Å². The fourth-order valence-electron chi connectivity index (χ4n) is 3.53. The molecule has 0 amide bonds. The van der Waals surface area contributed by atoms with Crippen LogP contribution in [0.2, 0.25) is 0 Å². The lowest BCUT2D eigenvalue weighted by molar-refractivity contribution is -0.290. The van der Waals surface area contributed by atoms with Crippen LogP contribution in [-0.4, -0.2) is 57.3 Å². The Morgan fingerprint density at radius 1 is 1.17 bits per heavy atom. The average Bonchev–Trinajstić information content (AvgIpc) is 2.99. The zero-order valence-corrected chi connectivity index (χ0v) is 15.1. The van der Waals surface area contributed by atoms with Crippen LogP contribution in [0.3, 0.4) is 0 Å². The molecule has 0 spiro atoms. The quantitative estimate of drug-likeness (QED) is 0.742. The summed E-state index contributed by atoms with van der Waals surface area (Å²) in [6.07, 6.45) is -0.130. The summed E-state index contributed by atoms with van der Waals surface area (Å²) in [6.45, 7) is 7.15. The summed E-state index contributed by atoms with van der Waals surface area (Å²) < 4.78 is 57.0. The average molecular weight is 367 g/mol. The van der Waals surface area contributed by atoms with Crippen LogP contribution in [0.25, 0.3) is 0 Å². The van der Waals surface area contributed by atoms with E-state index >= 15 is 0 Å². The fourth-order valence-corrected chi connectivity index (χ4v) is 3.86. The molecule has 9 nitrogen and oxygen atoms in total. The lowest BCUT2D eigenvalue weighted by Crippen LogP contribution is -2.60. The molecule has 3 aliphatic heterocycles. The van der Waals surface area contributed by atoms with Crippen molar-refractivity contribution in [2.24, 2.45) is 5.14 Å². The van der Waals surface area contributed by atoms with Gasteiger partial charge in [0, 0.05) is 0 Å². The largest absolute Gasteiger partial charge is 0.343 e. The predicted octanol–water partition coefficient (Wildman–Crippen LogP) is 0.385. The molecule has 3 saturated heterocycles. The van der Waals surface area contributed by atoms with Gasteiger partial charge in [0.15, 0.2) is 11.6 Å². The number of ether oxygens (including phenoxy) is 5. The van der Waals surface area contributed by atoms with E-state index in [-0.39, 0.29) is 12.7 Å². The Balaban J connectivity index is 1.87. The van der Waals surface area contributed by atoms with Crippen molar-refractivity contribution in [3.8, 4) is 0 Å². The molecule has 0 aromatic heterocycles. The molecule has 10 heteroatoms. The molecule has 3 aliphatic rings. The van der Waals surface area contributed by atoms with E-state index in [1.807, 2.05) is 13.8 Å². The van der Waals surface area contributed by atoms with Gasteiger partial charge in [-0.2, -0.15) is 8.42 Å². The molecule has 24 heavy (non-hydrogen) atoms. The van der Waals surface area contributed by atoms with Gasteiger partial charge in [0.05, 0.1) is 6.61 Å². The number of nitrogens with two attached hydrogens (primary N) is 1. The first-order chi connectivity index (χ1) is 11.0. The lowest BCUT2D eigenvalue weighted by atomic mass is 9.97. The number of fused-ring (bicyclic) bond motifs is 3. The first-order valence-corrected chi connectivity index (χ1v) is 9.55. The highest BCUT2D eigenvalue weighted by molar-refractivity contribution is 7.84. The van der Waals surface area contributed by atoms with Crippen LogP contribution in [0.15, 0.2) is 0 Å². The van der Waals surface area contributed by atoms with Crippen LogP contribution in [0.1, 0.15) is 40.5 Å². The minimum atomic E-state index is -4.15. The molecule has 140 valence electrons. The van der Waals surface area contributed by atoms with E-state index in [0.29, 0.717) is 12.8 Å². The maximum Gasteiger partial charge on any atom is 0.333 e. The van der Waals surface area contributed by atoms with Crippen LogP contribution in [0.5, 0.6) is 0 Å². The summed E-state index contributed by atoms with van der Waals surface area (Å²) in [5.41, 5.74) is 0. The number of hydrogen-bond acceptors (Lipinski definition) is 8. The number of hydrogen-bond donors (Lipinski definition) is 1. The summed E-state index contributed by atoms with van der Waals surface area (Å²) in [7, 11) is -4.15. The third-order valence-corrected chi connectivity index (χ3v) is 5.08. The summed E-state index contributed by atoms with van der Waals surface area (Å²) in [5, 5.41) is 4.93. The Hall–Kier alpha value is -0.330. The molecule has 0 aromatic carbocycles. The van der Waals surface area contributed by atoms with Gasteiger partial charge >= 0.3 is 10.3 Å². The SMILES string of the molecule is CCC1(CC)O[C@@H]2[C@@H](CO[C@@]3(COS(N)(=O)=O)OC(C)(C)O[C@@H]23)O1. The molecule has 0 bridgehead atoms. The fraction of sp³-hybridized carbons (Fsp3) is 1.00. The molecule has 3 fully saturated rings. The van der Waals surface area contributed by atoms with E-state index in [9.17, 15) is 8.42 Å². The maximum absolute atomic E-state index is 11.2. The summed E-state index contributed by atoms with van der Waals surface area (Å²) in [6, 6.07) is 0. The Bertz CT molecular complexity index is 590. The molecular weight excluding hydrogens is 342 g/mol. The highest BCUT2D eigenvalue weighted by atomic mass is 32.2. The van der Waals surface area contributed by atoms with Gasteiger partial charge in [0.1, 0.15) is 24.9 Å². The monoisotopic (exact) mass is 367 g/mol. The van der Waals surface area contributed by atoms with Crippen molar-refractivity contribution < 1.29 is 36.3 Å². The Labute approximate surface area is 141 Å². The lowest BCUT2D eigenvalue weighted by Gasteiger charge is -2.40. The Morgan fingerprint density at radius 3 is 2.42 bits per heavy atom. The topological polar surface area (TPSA) is 116 Å². The van der Waals surface area contributed by atoms with Crippen molar-refractivity contribution in [2.75, 3.05) is 13.2 Å². The van der Waals surface area contributed by atoms with Crippen LogP contribution < -0.4 is 5.14 Å². The second-order valence-electron chi connectivity index (χ2n) is 6.77. The van der Waals surface area contributed by atoms with Gasteiger partial charge in [-0.1, -0.05) is 13.8 Å². The van der Waals surface area contributed by atoms with Crippen molar-refractivity contribution in [2.45, 2.75) is 76.2 Å². The first kappa shape index (κ1) is 18.5. The van der Waals surface area contributed by atoms with Crippen molar-refractivity contribution >= 4 is 10.3 Å². The predicted molar refractivity (Wildman–Crippen MR) is 80.8 cm³/mol. The molecule has 0 unspecified atom stereocenters. The molecular formula is C14H25NO8S. The van der Waals surface area contributed by atoms with Crippen molar-refractivity contribution in [3.05, 3.63) is 0 Å². The smallest absolute Gasteiger partial charge is 0.333 e. The summed E-state index contributed by atoms with van der Waals surface area (Å²) in [5.74, 6) is -3.11. The van der Waals surface area contributed by atoms with Crippen LogP contribution in [0.4, 0.5) is 0 Å². The van der Waals surface area contributed by atoms with Gasteiger partial charge < -0.3 is 23.7 Å². The van der Waals surface area contributed by atoms with Gasteiger partial charge in [-0.15, -0.1) is 0 Å². The summed E-state index contributed by atoms with van der Waals surface area (Å²) in [4.78, 5) is 0. The third-order valence-electron chi connectivity index (χ3n) is 4.64. The van der Waals surface area contributed by atoms with Gasteiger partial charge in [-0.05, 0) is 26.7 Å². The van der Waals surface area contributed by atoms with E-state index in [2.05, 4.69) is 0 Å². The maximum atomic E-state index is 11.2. The standard InChI is InChI=1S/C14H25NO8S/c1-5-13(6-2)20-9-7-18-14(8-19-24(15,16)17)11(10(9)21-13)22-12(3,4)23-14/h9-11H,5-8H2,1-4H3,(H2,15,16,17)/t9-,10-,11+,14+/m1/s1. The molecule has 3 heterocycles. The van der Waals surface area contributed by atoms with E-state index in [1.54, 1.807) is 13.8 Å². The molecule has 0 aromatic rings. The molecule has 0 aliphatic carbocycles. The van der Waals surface area contributed by atoms with Crippen LogP contribution >= 0.6 is 0 Å². The molecule has 0 saturated carbocycles. The van der Waals surface area contributed by atoms with E-state index in [0.717, 1.165) is 0 Å². The second-order valence-corrected chi connectivity index (χ2v) is 8.00. The second kappa shape index (κ2) is 5.85. The van der Waals surface area contributed by atoms with Gasteiger partial charge in [0.2, 0.25) is 5.79 Å².